The number of ether oxygens (including phenoxy) is 1. The maximum absolute atomic E-state index is 12.1. The minimum atomic E-state index is -0.570. The van der Waals surface area contributed by atoms with Crippen molar-refractivity contribution in [3.05, 3.63) is 39.8 Å². The van der Waals surface area contributed by atoms with Crippen LogP contribution >= 0.6 is 15.9 Å². The van der Waals surface area contributed by atoms with Crippen LogP contribution in [0.4, 0.5) is 11.5 Å². The van der Waals surface area contributed by atoms with Gasteiger partial charge in [0.25, 0.3) is 5.71 Å². The summed E-state index contributed by atoms with van der Waals surface area (Å²) in [7, 11) is 0. The number of hydrogen-bond donors (Lipinski definition) is 1. The van der Waals surface area contributed by atoms with Crippen LogP contribution in [-0.4, -0.2) is 27.7 Å². The van der Waals surface area contributed by atoms with Crippen molar-refractivity contribution in [3.8, 4) is 0 Å². The average Bonchev–Trinajstić information content (AvgIpc) is 2.94. The maximum Gasteiger partial charge on any atom is 0.361 e. The van der Waals surface area contributed by atoms with E-state index in [0.717, 1.165) is 15.7 Å². The quantitative estimate of drug-likeness (QED) is 0.674. The molecule has 124 valence electrons. The van der Waals surface area contributed by atoms with Gasteiger partial charge < -0.3 is 14.6 Å². The van der Waals surface area contributed by atoms with E-state index < -0.39 is 5.97 Å². The second-order valence-electron chi connectivity index (χ2n) is 5.14. The van der Waals surface area contributed by atoms with E-state index in [9.17, 15) is 4.79 Å². The highest BCUT2D eigenvalue weighted by atomic mass is 79.9. The number of rotatable bonds is 4. The van der Waals surface area contributed by atoms with Crippen molar-refractivity contribution in [1.29, 1.82) is 0 Å². The van der Waals surface area contributed by atoms with E-state index in [1.54, 1.807) is 13.8 Å². The summed E-state index contributed by atoms with van der Waals surface area (Å²) in [6, 6.07) is 5.81. The molecule has 0 aliphatic rings. The third kappa shape index (κ3) is 3.09. The van der Waals surface area contributed by atoms with Crippen molar-refractivity contribution in [2.75, 3.05) is 11.9 Å². The van der Waals surface area contributed by atoms with Gasteiger partial charge in [0.05, 0.1) is 6.61 Å². The normalized spacial score (nSPS) is 10.8. The number of aryl methyl sites for hydroxylation is 2. The highest BCUT2D eigenvalue weighted by molar-refractivity contribution is 9.10. The highest BCUT2D eigenvalue weighted by Gasteiger charge is 2.23. The molecule has 7 nitrogen and oxygen atoms in total. The van der Waals surface area contributed by atoms with Gasteiger partial charge in [0.15, 0.2) is 0 Å². The van der Waals surface area contributed by atoms with Crippen molar-refractivity contribution in [1.82, 2.24) is 15.1 Å². The van der Waals surface area contributed by atoms with Crippen LogP contribution in [0.5, 0.6) is 0 Å². The zero-order valence-electron chi connectivity index (χ0n) is 13.4. The summed E-state index contributed by atoms with van der Waals surface area (Å²) in [4.78, 5) is 20.7. The molecule has 24 heavy (non-hydrogen) atoms. The number of hydrogen-bond acceptors (Lipinski definition) is 7. The molecule has 0 saturated heterocycles. The number of carbonyl (C=O) groups excluding carboxylic acids is 1. The van der Waals surface area contributed by atoms with Gasteiger partial charge in [-0.05, 0) is 44.5 Å². The van der Waals surface area contributed by atoms with Gasteiger partial charge in [-0.1, -0.05) is 21.1 Å². The fourth-order valence-corrected chi connectivity index (χ4v) is 2.76. The van der Waals surface area contributed by atoms with E-state index in [0.29, 0.717) is 17.0 Å². The molecule has 0 atom stereocenters. The Hall–Kier alpha value is -2.48. The lowest BCUT2D eigenvalue weighted by molar-refractivity contribution is 0.0517. The third-order valence-electron chi connectivity index (χ3n) is 3.36. The van der Waals surface area contributed by atoms with Crippen LogP contribution in [0.15, 0.2) is 27.2 Å². The highest BCUT2D eigenvalue weighted by Crippen LogP contribution is 2.29. The second kappa shape index (κ2) is 6.56. The second-order valence-corrected chi connectivity index (χ2v) is 6.05. The molecule has 1 aromatic carbocycles. The van der Waals surface area contributed by atoms with E-state index in [-0.39, 0.29) is 18.0 Å². The topological polar surface area (TPSA) is 90.1 Å². The number of carbonyl (C=O) groups is 1. The zero-order valence-corrected chi connectivity index (χ0v) is 15.0. The molecule has 0 unspecified atom stereocenters. The van der Waals surface area contributed by atoms with Crippen LogP contribution in [0.3, 0.4) is 0 Å². The molecular formula is C16H15BrN4O3. The largest absolute Gasteiger partial charge is 0.461 e. The molecule has 2 heterocycles. The van der Waals surface area contributed by atoms with E-state index in [1.807, 2.05) is 25.1 Å². The molecule has 0 amide bonds. The summed E-state index contributed by atoms with van der Waals surface area (Å²) in [5.41, 5.74) is 2.17. The van der Waals surface area contributed by atoms with Crippen LogP contribution in [0.1, 0.15) is 28.8 Å². The molecular weight excluding hydrogens is 376 g/mol. The Morgan fingerprint density at radius 2 is 2.12 bits per heavy atom. The lowest BCUT2D eigenvalue weighted by Gasteiger charge is -2.10. The predicted octanol–water partition coefficient (Wildman–Crippen LogP) is 3.92. The monoisotopic (exact) mass is 390 g/mol. The van der Waals surface area contributed by atoms with Gasteiger partial charge in [0, 0.05) is 10.2 Å². The number of aromatic nitrogens is 3. The van der Waals surface area contributed by atoms with E-state index in [2.05, 4.69) is 36.4 Å². The molecule has 3 rings (SSSR count). The minimum absolute atomic E-state index is 0.0594. The van der Waals surface area contributed by atoms with Gasteiger partial charge in [-0.25, -0.2) is 9.78 Å². The summed E-state index contributed by atoms with van der Waals surface area (Å²) in [6.45, 7) is 5.68. The van der Waals surface area contributed by atoms with Gasteiger partial charge >= 0.3 is 5.97 Å². The summed E-state index contributed by atoms with van der Waals surface area (Å²) in [5.74, 6) is 0.387. The van der Waals surface area contributed by atoms with Gasteiger partial charge in [-0.3, -0.25) is 0 Å². The Labute approximate surface area is 146 Å². The van der Waals surface area contributed by atoms with Crippen molar-refractivity contribution >= 4 is 44.5 Å². The molecule has 0 radical (unpaired) electrons. The van der Waals surface area contributed by atoms with E-state index >= 15 is 0 Å². The molecule has 0 spiro atoms. The Balaban J connectivity index is 2.12. The number of halogens is 1. The van der Waals surface area contributed by atoms with E-state index in [4.69, 9.17) is 9.26 Å². The zero-order chi connectivity index (χ0) is 17.3. The lowest BCUT2D eigenvalue weighted by Crippen LogP contribution is -2.07. The molecule has 0 saturated carbocycles. The summed E-state index contributed by atoms with van der Waals surface area (Å²) in [6.07, 6.45) is 0. The van der Waals surface area contributed by atoms with Gasteiger partial charge in [0.2, 0.25) is 5.69 Å². The molecule has 0 fully saturated rings. The van der Waals surface area contributed by atoms with Crippen LogP contribution in [0.2, 0.25) is 0 Å². The van der Waals surface area contributed by atoms with E-state index in [1.165, 1.54) is 0 Å². The molecule has 0 aliphatic carbocycles. The maximum atomic E-state index is 12.1. The van der Waals surface area contributed by atoms with Crippen molar-refractivity contribution < 1.29 is 14.1 Å². The standard InChI is InChI=1S/C16H15BrN4O3/c1-4-23-16(22)13-12-14(18-9(3)19-15(12)24-21-13)20-11-6-5-10(17)7-8(11)2/h5-7H,4H2,1-3H3,(H,18,19,20). The summed E-state index contributed by atoms with van der Waals surface area (Å²) < 4.78 is 11.2. The summed E-state index contributed by atoms with van der Waals surface area (Å²) in [5, 5.41) is 7.43. The molecule has 0 aliphatic heterocycles. The number of esters is 1. The first-order valence-electron chi connectivity index (χ1n) is 7.34. The Kier molecular flexibility index (Phi) is 4.48. The number of fused-ring (bicyclic) bond motifs is 1. The fourth-order valence-electron chi connectivity index (χ4n) is 2.28. The Bertz CT molecular complexity index is 923. The summed E-state index contributed by atoms with van der Waals surface area (Å²) >= 11 is 3.44. The minimum Gasteiger partial charge on any atom is -0.461 e. The molecule has 1 N–H and O–H groups in total. The van der Waals surface area contributed by atoms with Gasteiger partial charge in [-0.15, -0.1) is 0 Å². The molecule has 3 aromatic rings. The van der Waals surface area contributed by atoms with Crippen LogP contribution in [0, 0.1) is 13.8 Å². The Morgan fingerprint density at radius 3 is 2.83 bits per heavy atom. The first-order chi connectivity index (χ1) is 11.5. The van der Waals surface area contributed by atoms with Gasteiger partial charge in [0.1, 0.15) is 17.0 Å². The number of anilines is 2. The first kappa shape index (κ1) is 16.4. The predicted molar refractivity (Wildman–Crippen MR) is 92.5 cm³/mol. The van der Waals surface area contributed by atoms with Crippen molar-refractivity contribution in [2.45, 2.75) is 20.8 Å². The van der Waals surface area contributed by atoms with Crippen LogP contribution in [0.25, 0.3) is 11.1 Å². The third-order valence-corrected chi connectivity index (χ3v) is 3.85. The smallest absolute Gasteiger partial charge is 0.361 e. The SMILES string of the molecule is CCOC(=O)c1noc2nc(C)nc(Nc3ccc(Br)cc3C)c12. The first-order valence-corrected chi connectivity index (χ1v) is 8.13. The van der Waals surface area contributed by atoms with Gasteiger partial charge in [-0.2, -0.15) is 4.98 Å². The number of benzene rings is 1. The van der Waals surface area contributed by atoms with Crippen molar-refractivity contribution in [2.24, 2.45) is 0 Å². The molecule has 2 aromatic heterocycles. The molecule has 0 bridgehead atoms. The fraction of sp³-hybridized carbons (Fsp3) is 0.250. The Morgan fingerprint density at radius 1 is 1.33 bits per heavy atom. The molecule has 8 heteroatoms. The number of nitrogens with one attached hydrogen (secondary N) is 1. The number of nitrogens with zero attached hydrogens (tertiary/aromatic N) is 3. The average molecular weight is 391 g/mol. The lowest BCUT2D eigenvalue weighted by atomic mass is 10.2. The van der Waals surface area contributed by atoms with Crippen LogP contribution < -0.4 is 5.32 Å². The van der Waals surface area contributed by atoms with Crippen molar-refractivity contribution in [3.63, 3.8) is 0 Å². The van der Waals surface area contributed by atoms with Crippen LogP contribution in [-0.2, 0) is 4.74 Å².